The van der Waals surface area contributed by atoms with Crippen molar-refractivity contribution in [2.24, 2.45) is 0 Å². The molecular formula is C24H17Br2N. The van der Waals surface area contributed by atoms with E-state index in [-0.39, 0.29) is 0 Å². The molecule has 0 unspecified atom stereocenters. The minimum Gasteiger partial charge on any atom is -0.310 e. The third kappa shape index (κ3) is 4.00. The molecule has 0 aliphatic heterocycles. The summed E-state index contributed by atoms with van der Waals surface area (Å²) in [5, 5.41) is 0. The molecule has 0 fully saturated rings. The maximum Gasteiger partial charge on any atom is 0.0551 e. The second-order valence-corrected chi connectivity index (χ2v) is 8.01. The number of nitrogens with zero attached hydrogens (tertiary/aromatic N) is 1. The molecule has 0 N–H and O–H groups in total. The lowest BCUT2D eigenvalue weighted by atomic mass is 10.0. The van der Waals surface area contributed by atoms with E-state index < -0.39 is 0 Å². The van der Waals surface area contributed by atoms with E-state index >= 15 is 0 Å². The van der Waals surface area contributed by atoms with Crippen LogP contribution >= 0.6 is 31.9 Å². The fourth-order valence-corrected chi connectivity index (χ4v) is 3.76. The Morgan fingerprint density at radius 2 is 1.04 bits per heavy atom. The predicted molar refractivity (Wildman–Crippen MR) is 122 cm³/mol. The van der Waals surface area contributed by atoms with Crippen molar-refractivity contribution in [3.05, 3.63) is 112 Å². The van der Waals surface area contributed by atoms with Crippen LogP contribution in [0.5, 0.6) is 0 Å². The lowest BCUT2D eigenvalue weighted by Gasteiger charge is -2.28. The van der Waals surface area contributed by atoms with Gasteiger partial charge in [-0.15, -0.1) is 0 Å². The zero-order valence-corrected chi connectivity index (χ0v) is 17.7. The minimum atomic E-state index is 1.05. The zero-order chi connectivity index (χ0) is 18.6. The summed E-state index contributed by atoms with van der Waals surface area (Å²) in [6.45, 7) is 0. The van der Waals surface area contributed by atoms with Crippen LogP contribution in [0.15, 0.2) is 112 Å². The summed E-state index contributed by atoms with van der Waals surface area (Å²) in [5.74, 6) is 0. The predicted octanol–water partition coefficient (Wildman–Crippen LogP) is 8.35. The number of para-hydroxylation sites is 2. The summed E-state index contributed by atoms with van der Waals surface area (Å²) in [5.41, 5.74) is 5.74. The third-order valence-corrected chi connectivity index (χ3v) is 5.41. The molecular weight excluding hydrogens is 462 g/mol. The van der Waals surface area contributed by atoms with Gasteiger partial charge in [-0.1, -0.05) is 86.5 Å². The smallest absolute Gasteiger partial charge is 0.0551 e. The second kappa shape index (κ2) is 8.12. The molecule has 1 nitrogen and oxygen atoms in total. The number of hydrogen-bond acceptors (Lipinski definition) is 1. The van der Waals surface area contributed by atoms with Crippen molar-refractivity contribution in [3.63, 3.8) is 0 Å². The van der Waals surface area contributed by atoms with Gasteiger partial charge in [0.1, 0.15) is 0 Å². The Kier molecular flexibility index (Phi) is 5.42. The average Bonchev–Trinajstić information content (AvgIpc) is 2.71. The Morgan fingerprint density at radius 3 is 1.59 bits per heavy atom. The molecule has 4 aromatic rings. The topological polar surface area (TPSA) is 3.24 Å². The Balaban J connectivity index is 1.95. The normalized spacial score (nSPS) is 10.6. The molecule has 0 atom stereocenters. The van der Waals surface area contributed by atoms with Crippen LogP contribution < -0.4 is 4.90 Å². The highest BCUT2D eigenvalue weighted by Crippen LogP contribution is 2.41. The molecule has 4 rings (SSSR count). The molecule has 3 heteroatoms. The molecule has 0 aliphatic rings. The van der Waals surface area contributed by atoms with E-state index in [0.717, 1.165) is 26.0 Å². The van der Waals surface area contributed by atoms with Gasteiger partial charge in [-0.05, 0) is 54.1 Å². The van der Waals surface area contributed by atoms with Crippen molar-refractivity contribution in [1.29, 1.82) is 0 Å². The summed E-state index contributed by atoms with van der Waals surface area (Å²) in [4.78, 5) is 2.29. The van der Waals surface area contributed by atoms with Gasteiger partial charge in [0.15, 0.2) is 0 Å². The van der Waals surface area contributed by atoms with Crippen LogP contribution in [0.2, 0.25) is 0 Å². The van der Waals surface area contributed by atoms with E-state index in [1.807, 2.05) is 12.1 Å². The average molecular weight is 479 g/mol. The third-order valence-electron chi connectivity index (χ3n) is 4.38. The lowest BCUT2D eigenvalue weighted by molar-refractivity contribution is 1.28. The van der Waals surface area contributed by atoms with Gasteiger partial charge in [-0.2, -0.15) is 0 Å². The molecule has 27 heavy (non-hydrogen) atoms. The van der Waals surface area contributed by atoms with Crippen molar-refractivity contribution < 1.29 is 0 Å². The Labute approximate surface area is 176 Å². The van der Waals surface area contributed by atoms with E-state index in [1.54, 1.807) is 0 Å². The molecule has 0 spiro atoms. The van der Waals surface area contributed by atoms with Crippen LogP contribution in [0.3, 0.4) is 0 Å². The van der Waals surface area contributed by atoms with Gasteiger partial charge < -0.3 is 4.90 Å². The molecule has 0 amide bonds. The molecule has 4 aromatic carbocycles. The standard InChI is InChI=1S/C24H17Br2N/c25-19-13-11-18(12-14-19)23-16-15-20(26)17-24(23)27(21-7-3-1-4-8-21)22-9-5-2-6-10-22/h1-17H. The Hall–Kier alpha value is -2.36. The van der Waals surface area contributed by atoms with E-state index in [9.17, 15) is 0 Å². The van der Waals surface area contributed by atoms with E-state index in [2.05, 4.69) is 128 Å². The van der Waals surface area contributed by atoms with Crippen LogP contribution in [-0.4, -0.2) is 0 Å². The minimum absolute atomic E-state index is 1.05. The molecule has 0 aliphatic carbocycles. The Morgan fingerprint density at radius 1 is 0.519 bits per heavy atom. The van der Waals surface area contributed by atoms with Crippen molar-refractivity contribution in [3.8, 4) is 11.1 Å². The number of hydrogen-bond donors (Lipinski definition) is 0. The largest absolute Gasteiger partial charge is 0.310 e. The summed E-state index contributed by atoms with van der Waals surface area (Å²) in [7, 11) is 0. The van der Waals surface area contributed by atoms with Gasteiger partial charge in [-0.25, -0.2) is 0 Å². The van der Waals surface area contributed by atoms with Crippen LogP contribution in [0.4, 0.5) is 17.1 Å². The number of anilines is 3. The van der Waals surface area contributed by atoms with Gasteiger partial charge in [0.25, 0.3) is 0 Å². The Bertz CT molecular complexity index is 989. The molecule has 0 radical (unpaired) electrons. The van der Waals surface area contributed by atoms with E-state index in [4.69, 9.17) is 0 Å². The van der Waals surface area contributed by atoms with Crippen LogP contribution in [-0.2, 0) is 0 Å². The summed E-state index contributed by atoms with van der Waals surface area (Å²) in [6.07, 6.45) is 0. The number of benzene rings is 4. The quantitative estimate of drug-likeness (QED) is 0.284. The SMILES string of the molecule is Brc1ccc(-c2ccc(Br)cc2N(c2ccccc2)c2ccccc2)cc1. The summed E-state index contributed by atoms with van der Waals surface area (Å²) < 4.78 is 2.13. The maximum absolute atomic E-state index is 3.66. The van der Waals surface area contributed by atoms with Gasteiger partial charge >= 0.3 is 0 Å². The van der Waals surface area contributed by atoms with E-state index in [0.29, 0.717) is 0 Å². The van der Waals surface area contributed by atoms with Crippen LogP contribution in [0, 0.1) is 0 Å². The van der Waals surface area contributed by atoms with E-state index in [1.165, 1.54) is 11.1 Å². The highest BCUT2D eigenvalue weighted by molar-refractivity contribution is 9.10. The fraction of sp³-hybridized carbons (Fsp3) is 0. The number of halogens is 2. The first-order valence-electron chi connectivity index (χ1n) is 8.68. The van der Waals surface area contributed by atoms with Gasteiger partial charge in [0, 0.05) is 25.9 Å². The first kappa shape index (κ1) is 18.0. The zero-order valence-electron chi connectivity index (χ0n) is 14.5. The van der Waals surface area contributed by atoms with Crippen molar-refractivity contribution in [2.75, 3.05) is 4.90 Å². The molecule has 0 saturated carbocycles. The van der Waals surface area contributed by atoms with Crippen molar-refractivity contribution in [1.82, 2.24) is 0 Å². The maximum atomic E-state index is 3.66. The van der Waals surface area contributed by atoms with Crippen LogP contribution in [0.25, 0.3) is 11.1 Å². The fourth-order valence-electron chi connectivity index (χ4n) is 3.14. The lowest BCUT2D eigenvalue weighted by Crippen LogP contribution is -2.11. The van der Waals surface area contributed by atoms with Crippen LogP contribution in [0.1, 0.15) is 0 Å². The first-order chi connectivity index (χ1) is 13.2. The molecule has 132 valence electrons. The first-order valence-corrected chi connectivity index (χ1v) is 10.3. The van der Waals surface area contributed by atoms with Crippen molar-refractivity contribution in [2.45, 2.75) is 0 Å². The highest BCUT2D eigenvalue weighted by atomic mass is 79.9. The summed E-state index contributed by atoms with van der Waals surface area (Å²) >= 11 is 7.19. The van der Waals surface area contributed by atoms with Gasteiger partial charge in [-0.3, -0.25) is 0 Å². The molecule has 0 bridgehead atoms. The molecule has 0 aromatic heterocycles. The molecule has 0 saturated heterocycles. The van der Waals surface area contributed by atoms with Crippen molar-refractivity contribution >= 4 is 48.9 Å². The second-order valence-electron chi connectivity index (χ2n) is 6.17. The van der Waals surface area contributed by atoms with Gasteiger partial charge in [0.2, 0.25) is 0 Å². The monoisotopic (exact) mass is 477 g/mol. The molecule has 0 heterocycles. The highest BCUT2D eigenvalue weighted by Gasteiger charge is 2.17. The van der Waals surface area contributed by atoms with Gasteiger partial charge in [0.05, 0.1) is 5.69 Å². The summed E-state index contributed by atoms with van der Waals surface area (Å²) in [6, 6.07) is 35.8. The number of rotatable bonds is 4.